The van der Waals surface area contributed by atoms with Gasteiger partial charge in [0.15, 0.2) is 0 Å². The number of hydrogen-bond donors (Lipinski definition) is 3. The van der Waals surface area contributed by atoms with E-state index in [0.717, 1.165) is 19.4 Å². The van der Waals surface area contributed by atoms with Crippen molar-refractivity contribution >= 4 is 0 Å². The molecule has 5 nitrogen and oxygen atoms in total. The van der Waals surface area contributed by atoms with Gasteiger partial charge in [-0.1, -0.05) is 13.8 Å². The molecule has 0 aromatic carbocycles. The zero-order chi connectivity index (χ0) is 11.7. The van der Waals surface area contributed by atoms with Gasteiger partial charge in [0.2, 0.25) is 5.88 Å². The molecule has 1 aromatic heterocycles. The maximum absolute atomic E-state index is 11.8. The Kier molecular flexibility index (Phi) is 2.96. The van der Waals surface area contributed by atoms with E-state index in [1.165, 1.54) is 0 Å². The van der Waals surface area contributed by atoms with Crippen molar-refractivity contribution in [2.75, 3.05) is 6.54 Å². The third kappa shape index (κ3) is 1.95. The summed E-state index contributed by atoms with van der Waals surface area (Å²) in [5, 5.41) is 13.0. The third-order valence-corrected chi connectivity index (χ3v) is 2.92. The molecule has 2 rings (SSSR count). The van der Waals surface area contributed by atoms with Crippen LogP contribution in [0.1, 0.15) is 50.0 Å². The molecule has 88 valence electrons. The second kappa shape index (κ2) is 4.25. The third-order valence-electron chi connectivity index (χ3n) is 2.92. The van der Waals surface area contributed by atoms with Crippen LogP contribution >= 0.6 is 0 Å². The molecule has 1 saturated heterocycles. The number of nitrogens with one attached hydrogen (secondary N) is 2. The summed E-state index contributed by atoms with van der Waals surface area (Å²) in [5.41, 5.74) is 0.132. The molecule has 0 radical (unpaired) electrons. The highest BCUT2D eigenvalue weighted by atomic mass is 16.3. The van der Waals surface area contributed by atoms with Crippen LogP contribution in [0.3, 0.4) is 0 Å². The van der Waals surface area contributed by atoms with Gasteiger partial charge in [0.25, 0.3) is 5.56 Å². The van der Waals surface area contributed by atoms with Gasteiger partial charge in [-0.3, -0.25) is 4.79 Å². The van der Waals surface area contributed by atoms with Gasteiger partial charge in [-0.25, -0.2) is 0 Å². The van der Waals surface area contributed by atoms with Crippen LogP contribution in [0.4, 0.5) is 0 Å². The van der Waals surface area contributed by atoms with E-state index < -0.39 is 0 Å². The molecular formula is C11H17N3O2. The monoisotopic (exact) mass is 223 g/mol. The Labute approximate surface area is 93.9 Å². The highest BCUT2D eigenvalue weighted by Crippen LogP contribution is 2.23. The fourth-order valence-electron chi connectivity index (χ4n) is 2.09. The van der Waals surface area contributed by atoms with E-state index in [9.17, 15) is 9.90 Å². The molecule has 0 amide bonds. The summed E-state index contributed by atoms with van der Waals surface area (Å²) < 4.78 is 0. The van der Waals surface area contributed by atoms with Gasteiger partial charge in [0.05, 0.1) is 11.6 Å². The van der Waals surface area contributed by atoms with E-state index in [2.05, 4.69) is 15.3 Å². The van der Waals surface area contributed by atoms with Crippen LogP contribution in [0.15, 0.2) is 4.79 Å². The molecule has 0 saturated carbocycles. The predicted octanol–water partition coefficient (Wildman–Crippen LogP) is 1.02. The lowest BCUT2D eigenvalue weighted by atomic mass is 10.1. The normalized spacial score (nSPS) is 20.6. The highest BCUT2D eigenvalue weighted by Gasteiger charge is 2.21. The zero-order valence-corrected chi connectivity index (χ0v) is 9.58. The second-order valence-electron chi connectivity index (χ2n) is 4.49. The number of rotatable bonds is 2. The first-order valence-electron chi connectivity index (χ1n) is 5.66. The standard InChI is InChI=1S/C11H17N3O2/c1-6(2)8-10(15)13-9(14-11(8)16)7-4-3-5-12-7/h6-7,12H,3-5H2,1-2H3,(H2,13,14,15,16). The first-order chi connectivity index (χ1) is 7.59. The van der Waals surface area contributed by atoms with E-state index in [0.29, 0.717) is 11.4 Å². The molecule has 1 unspecified atom stereocenters. The summed E-state index contributed by atoms with van der Waals surface area (Å²) in [5.74, 6) is 0.383. The minimum atomic E-state index is -0.230. The quantitative estimate of drug-likeness (QED) is 0.699. The highest BCUT2D eigenvalue weighted by molar-refractivity contribution is 5.26. The van der Waals surface area contributed by atoms with Gasteiger partial charge in [-0.2, -0.15) is 4.98 Å². The molecule has 1 aliphatic rings. The van der Waals surface area contributed by atoms with Crippen molar-refractivity contribution in [2.45, 2.75) is 38.6 Å². The predicted molar refractivity (Wildman–Crippen MR) is 60.6 cm³/mol. The Bertz CT molecular complexity index is 433. The zero-order valence-electron chi connectivity index (χ0n) is 9.58. The number of hydrogen-bond acceptors (Lipinski definition) is 4. The summed E-state index contributed by atoms with van der Waals surface area (Å²) in [6.07, 6.45) is 2.02. The maximum atomic E-state index is 11.8. The summed E-state index contributed by atoms with van der Waals surface area (Å²) in [6.45, 7) is 4.65. The largest absolute Gasteiger partial charge is 0.493 e. The molecule has 5 heteroatoms. The molecule has 0 aliphatic carbocycles. The Balaban J connectivity index is 2.40. The summed E-state index contributed by atoms with van der Waals surface area (Å²) in [6, 6.07) is 0.0693. The molecular weight excluding hydrogens is 206 g/mol. The van der Waals surface area contributed by atoms with Crippen LogP contribution in [-0.2, 0) is 0 Å². The lowest BCUT2D eigenvalue weighted by molar-refractivity contribution is 0.430. The van der Waals surface area contributed by atoms with Crippen LogP contribution in [0, 0.1) is 0 Å². The first kappa shape index (κ1) is 11.1. The van der Waals surface area contributed by atoms with Gasteiger partial charge in [0.1, 0.15) is 5.82 Å². The van der Waals surface area contributed by atoms with Crippen LogP contribution in [0.5, 0.6) is 5.88 Å². The average molecular weight is 223 g/mol. The molecule has 3 N–H and O–H groups in total. The van der Waals surface area contributed by atoms with Crippen molar-refractivity contribution in [3.05, 3.63) is 21.7 Å². The SMILES string of the molecule is CC(C)c1c(O)nc(C2CCCN2)[nH]c1=O. The Hall–Kier alpha value is -1.36. The molecule has 16 heavy (non-hydrogen) atoms. The fraction of sp³-hybridized carbons (Fsp3) is 0.636. The molecule has 1 aromatic rings. The smallest absolute Gasteiger partial charge is 0.258 e. The molecule has 0 spiro atoms. The van der Waals surface area contributed by atoms with Gasteiger partial charge in [-0.15, -0.1) is 0 Å². The van der Waals surface area contributed by atoms with Crippen LogP contribution in [0.25, 0.3) is 0 Å². The second-order valence-corrected chi connectivity index (χ2v) is 4.49. The minimum Gasteiger partial charge on any atom is -0.493 e. The van der Waals surface area contributed by atoms with Crippen molar-refractivity contribution in [3.8, 4) is 5.88 Å². The Morgan fingerprint density at radius 2 is 2.25 bits per heavy atom. The Morgan fingerprint density at radius 3 is 2.75 bits per heavy atom. The first-order valence-corrected chi connectivity index (χ1v) is 5.66. The van der Waals surface area contributed by atoms with Crippen LogP contribution in [0.2, 0.25) is 0 Å². The molecule has 2 heterocycles. The lowest BCUT2D eigenvalue weighted by Gasteiger charge is -2.12. The summed E-state index contributed by atoms with van der Waals surface area (Å²) in [7, 11) is 0. The lowest BCUT2D eigenvalue weighted by Crippen LogP contribution is -2.23. The minimum absolute atomic E-state index is 0.0261. The van der Waals surface area contributed by atoms with Crippen molar-refractivity contribution in [3.63, 3.8) is 0 Å². The maximum Gasteiger partial charge on any atom is 0.258 e. The number of aromatic amines is 1. The van der Waals surface area contributed by atoms with E-state index in [-0.39, 0.29) is 23.4 Å². The van der Waals surface area contributed by atoms with Crippen molar-refractivity contribution in [1.29, 1.82) is 0 Å². The van der Waals surface area contributed by atoms with Crippen LogP contribution in [-0.4, -0.2) is 21.6 Å². The Morgan fingerprint density at radius 1 is 1.50 bits per heavy atom. The van der Waals surface area contributed by atoms with E-state index in [4.69, 9.17) is 0 Å². The fourth-order valence-corrected chi connectivity index (χ4v) is 2.09. The molecule has 1 aliphatic heterocycles. The van der Waals surface area contributed by atoms with Gasteiger partial charge in [-0.05, 0) is 25.3 Å². The number of H-pyrrole nitrogens is 1. The number of aromatic nitrogens is 2. The van der Waals surface area contributed by atoms with Gasteiger partial charge < -0.3 is 15.4 Å². The van der Waals surface area contributed by atoms with Crippen LogP contribution < -0.4 is 10.9 Å². The summed E-state index contributed by atoms with van der Waals surface area (Å²) >= 11 is 0. The topological polar surface area (TPSA) is 78.0 Å². The van der Waals surface area contributed by atoms with Gasteiger partial charge >= 0.3 is 0 Å². The van der Waals surface area contributed by atoms with Crippen molar-refractivity contribution in [2.24, 2.45) is 0 Å². The summed E-state index contributed by atoms with van der Waals surface area (Å²) in [4.78, 5) is 18.6. The van der Waals surface area contributed by atoms with Crippen molar-refractivity contribution < 1.29 is 5.11 Å². The molecule has 1 atom stereocenters. The van der Waals surface area contributed by atoms with E-state index >= 15 is 0 Å². The van der Waals surface area contributed by atoms with Crippen molar-refractivity contribution in [1.82, 2.24) is 15.3 Å². The number of nitrogens with zero attached hydrogens (tertiary/aromatic N) is 1. The molecule has 0 bridgehead atoms. The molecule has 1 fully saturated rings. The number of aromatic hydroxyl groups is 1. The van der Waals surface area contributed by atoms with Gasteiger partial charge in [0, 0.05) is 0 Å². The average Bonchev–Trinajstić information content (AvgIpc) is 2.67. The van der Waals surface area contributed by atoms with E-state index in [1.54, 1.807) is 0 Å². The van der Waals surface area contributed by atoms with E-state index in [1.807, 2.05) is 13.8 Å².